The average molecular weight is 183 g/mol. The predicted molar refractivity (Wildman–Crippen MR) is 46.7 cm³/mol. The van der Waals surface area contributed by atoms with Crippen molar-refractivity contribution in [2.75, 3.05) is 0 Å². The summed E-state index contributed by atoms with van der Waals surface area (Å²) in [5, 5.41) is 26.8. The lowest BCUT2D eigenvalue weighted by Crippen LogP contribution is -2.04. The molecule has 72 valence electrons. The molecule has 0 fully saturated rings. The normalized spacial score (nSPS) is 10.5. The zero-order valence-electron chi connectivity index (χ0n) is 7.49. The van der Waals surface area contributed by atoms with Crippen molar-refractivity contribution in [3.05, 3.63) is 28.6 Å². The smallest absolute Gasteiger partial charge is 0.0856 e. The molecule has 0 atom stereocenters. The fourth-order valence-corrected chi connectivity index (χ4v) is 1.25. The molecule has 4 heteroatoms. The van der Waals surface area contributed by atoms with Crippen molar-refractivity contribution in [1.29, 1.82) is 0 Å². The first-order valence-corrected chi connectivity index (χ1v) is 4.03. The third-order valence-corrected chi connectivity index (χ3v) is 2.14. The average Bonchev–Trinajstić information content (AvgIpc) is 2.17. The van der Waals surface area contributed by atoms with Crippen LogP contribution in [0.15, 0.2) is 6.20 Å². The summed E-state index contributed by atoms with van der Waals surface area (Å²) in [4.78, 5) is 3.93. The van der Waals surface area contributed by atoms with Gasteiger partial charge < -0.3 is 15.3 Å². The van der Waals surface area contributed by atoms with Gasteiger partial charge in [0.1, 0.15) is 0 Å². The van der Waals surface area contributed by atoms with Crippen LogP contribution >= 0.6 is 0 Å². The summed E-state index contributed by atoms with van der Waals surface area (Å²) in [6.07, 6.45) is 1.51. The molecule has 0 spiro atoms. The molecule has 0 unspecified atom stereocenters. The second-order valence-corrected chi connectivity index (χ2v) is 2.81. The molecule has 3 N–H and O–H groups in total. The Morgan fingerprint density at radius 3 is 2.31 bits per heavy atom. The van der Waals surface area contributed by atoms with Gasteiger partial charge in [0.25, 0.3) is 0 Å². The predicted octanol–water partition coefficient (Wildman–Crippen LogP) is -0.133. The van der Waals surface area contributed by atoms with Crippen LogP contribution in [0.3, 0.4) is 0 Å². The maximum Gasteiger partial charge on any atom is 0.0856 e. The van der Waals surface area contributed by atoms with E-state index >= 15 is 0 Å². The summed E-state index contributed by atoms with van der Waals surface area (Å²) < 4.78 is 0. The van der Waals surface area contributed by atoms with Crippen molar-refractivity contribution in [2.45, 2.75) is 26.7 Å². The van der Waals surface area contributed by atoms with E-state index in [2.05, 4.69) is 4.98 Å². The van der Waals surface area contributed by atoms with Gasteiger partial charge in [0, 0.05) is 11.8 Å². The molecule has 1 rings (SSSR count). The molecule has 0 bridgehead atoms. The Hall–Kier alpha value is -0.970. The van der Waals surface area contributed by atoms with Crippen molar-refractivity contribution in [2.24, 2.45) is 0 Å². The van der Waals surface area contributed by atoms with E-state index in [0.29, 0.717) is 16.8 Å². The number of pyridine rings is 1. The molecule has 0 aromatic carbocycles. The van der Waals surface area contributed by atoms with Crippen LogP contribution in [0.4, 0.5) is 0 Å². The number of aliphatic hydroxyl groups is 3. The van der Waals surface area contributed by atoms with E-state index < -0.39 is 0 Å². The van der Waals surface area contributed by atoms with Crippen LogP contribution in [0.5, 0.6) is 0 Å². The molecule has 0 radical (unpaired) electrons. The summed E-state index contributed by atoms with van der Waals surface area (Å²) in [6.45, 7) is 1.33. The molecule has 4 nitrogen and oxygen atoms in total. The summed E-state index contributed by atoms with van der Waals surface area (Å²) in [5.74, 6) is 0. The molecule has 1 aromatic rings. The fourth-order valence-electron chi connectivity index (χ4n) is 1.25. The van der Waals surface area contributed by atoms with Crippen molar-refractivity contribution in [1.82, 2.24) is 4.98 Å². The van der Waals surface area contributed by atoms with Crippen molar-refractivity contribution < 1.29 is 15.3 Å². The highest BCUT2D eigenvalue weighted by Gasteiger charge is 2.08. The summed E-state index contributed by atoms with van der Waals surface area (Å²) >= 11 is 0. The molecule has 13 heavy (non-hydrogen) atoms. The number of aromatic nitrogens is 1. The van der Waals surface area contributed by atoms with Gasteiger partial charge in [-0.1, -0.05) is 0 Å². The summed E-state index contributed by atoms with van der Waals surface area (Å²) in [6, 6.07) is 0. The summed E-state index contributed by atoms with van der Waals surface area (Å²) in [7, 11) is 0. The van der Waals surface area contributed by atoms with E-state index in [1.807, 2.05) is 0 Å². The Morgan fingerprint density at radius 2 is 1.85 bits per heavy atom. The Bertz CT molecular complexity index is 299. The van der Waals surface area contributed by atoms with Gasteiger partial charge in [-0.3, -0.25) is 4.98 Å². The topological polar surface area (TPSA) is 73.6 Å². The van der Waals surface area contributed by atoms with Crippen molar-refractivity contribution in [3.8, 4) is 0 Å². The van der Waals surface area contributed by atoms with Crippen LogP contribution in [0.1, 0.15) is 22.4 Å². The quantitative estimate of drug-likeness (QED) is 0.610. The maximum absolute atomic E-state index is 9.02. The molecular weight excluding hydrogens is 170 g/mol. The minimum atomic E-state index is -0.192. The highest BCUT2D eigenvalue weighted by molar-refractivity contribution is 5.34. The number of nitrogens with zero attached hydrogens (tertiary/aromatic N) is 1. The van der Waals surface area contributed by atoms with Crippen molar-refractivity contribution >= 4 is 0 Å². The molecule has 0 aliphatic heterocycles. The second-order valence-electron chi connectivity index (χ2n) is 2.81. The van der Waals surface area contributed by atoms with Gasteiger partial charge in [-0.25, -0.2) is 0 Å². The van der Waals surface area contributed by atoms with Crippen LogP contribution in [-0.2, 0) is 19.8 Å². The molecule has 1 heterocycles. The van der Waals surface area contributed by atoms with Gasteiger partial charge in [0.2, 0.25) is 0 Å². The highest BCUT2D eigenvalue weighted by Crippen LogP contribution is 2.16. The van der Waals surface area contributed by atoms with Gasteiger partial charge in [-0.15, -0.1) is 0 Å². The molecule has 0 aliphatic rings. The lowest BCUT2D eigenvalue weighted by molar-refractivity contribution is 0.252. The fraction of sp³-hybridized carbons (Fsp3) is 0.444. The van der Waals surface area contributed by atoms with E-state index in [0.717, 1.165) is 5.56 Å². The molecule has 0 amide bonds. The lowest BCUT2D eigenvalue weighted by atomic mass is 10.0. The Morgan fingerprint density at radius 1 is 1.15 bits per heavy atom. The third kappa shape index (κ3) is 1.85. The molecule has 1 aromatic heterocycles. The van der Waals surface area contributed by atoms with Crippen LogP contribution in [0, 0.1) is 6.92 Å². The van der Waals surface area contributed by atoms with Gasteiger partial charge >= 0.3 is 0 Å². The van der Waals surface area contributed by atoms with E-state index in [1.165, 1.54) is 6.20 Å². The SMILES string of the molecule is Cc1c(CO)cnc(CO)c1CO. The number of aliphatic hydroxyl groups excluding tert-OH is 3. The van der Waals surface area contributed by atoms with Gasteiger partial charge in [-0.2, -0.15) is 0 Å². The first-order chi connectivity index (χ1) is 6.24. The van der Waals surface area contributed by atoms with E-state index in [1.54, 1.807) is 6.92 Å². The zero-order chi connectivity index (χ0) is 9.84. The minimum Gasteiger partial charge on any atom is -0.392 e. The van der Waals surface area contributed by atoms with E-state index in [9.17, 15) is 0 Å². The van der Waals surface area contributed by atoms with Crippen LogP contribution in [0.25, 0.3) is 0 Å². The van der Waals surface area contributed by atoms with Crippen LogP contribution < -0.4 is 0 Å². The number of hydrogen-bond acceptors (Lipinski definition) is 4. The lowest BCUT2D eigenvalue weighted by Gasteiger charge is -2.10. The van der Waals surface area contributed by atoms with Gasteiger partial charge in [0.15, 0.2) is 0 Å². The Kier molecular flexibility index (Phi) is 3.36. The Balaban J connectivity index is 3.23. The summed E-state index contributed by atoms with van der Waals surface area (Å²) in [5.41, 5.74) is 2.55. The van der Waals surface area contributed by atoms with E-state index in [4.69, 9.17) is 15.3 Å². The first-order valence-electron chi connectivity index (χ1n) is 4.03. The van der Waals surface area contributed by atoms with Crippen molar-refractivity contribution in [3.63, 3.8) is 0 Å². The standard InChI is InChI=1S/C9H13NO3/c1-6-7(3-11)2-10-9(5-13)8(6)4-12/h2,11-13H,3-5H2,1H3. The van der Waals surface area contributed by atoms with E-state index in [-0.39, 0.29) is 19.8 Å². The minimum absolute atomic E-state index is 0.0997. The molecule has 0 aliphatic carbocycles. The number of rotatable bonds is 3. The molecular formula is C9H13NO3. The van der Waals surface area contributed by atoms with Gasteiger partial charge in [0.05, 0.1) is 25.5 Å². The molecule has 0 saturated carbocycles. The van der Waals surface area contributed by atoms with Crippen LogP contribution in [0.2, 0.25) is 0 Å². The Labute approximate surface area is 76.5 Å². The van der Waals surface area contributed by atoms with Gasteiger partial charge in [-0.05, 0) is 18.1 Å². The van der Waals surface area contributed by atoms with Crippen LogP contribution in [-0.4, -0.2) is 20.3 Å². The second kappa shape index (κ2) is 4.32. The highest BCUT2D eigenvalue weighted by atomic mass is 16.3. The zero-order valence-corrected chi connectivity index (χ0v) is 7.49. The largest absolute Gasteiger partial charge is 0.392 e. The third-order valence-electron chi connectivity index (χ3n) is 2.14. The first kappa shape index (κ1) is 10.1. The monoisotopic (exact) mass is 183 g/mol. The number of hydrogen-bond donors (Lipinski definition) is 3. The maximum atomic E-state index is 9.02. The molecule has 0 saturated heterocycles.